The molecule has 0 atom stereocenters. The molecule has 4 heterocycles. The molecule has 1 aromatic rings. The fourth-order valence-electron chi connectivity index (χ4n) is 4.96. The predicted molar refractivity (Wildman–Crippen MR) is 112 cm³/mol. The molecule has 3 fully saturated rings. The summed E-state index contributed by atoms with van der Waals surface area (Å²) < 4.78 is 13.3. The fourth-order valence-corrected chi connectivity index (χ4v) is 4.96. The molecule has 28 heavy (non-hydrogen) atoms. The number of pyridine rings is 1. The maximum Gasteiger partial charge on any atom is 0.214 e. The zero-order chi connectivity index (χ0) is 19.2. The first-order valence-electron chi connectivity index (χ1n) is 11.3. The predicted octanol–water partition coefficient (Wildman–Crippen LogP) is 2.54. The molecule has 0 amide bonds. The number of hydrogen-bond acceptors (Lipinski definition) is 5. The Hall–Kier alpha value is -1.24. The van der Waals surface area contributed by atoms with Crippen molar-refractivity contribution < 1.29 is 4.39 Å². The summed E-state index contributed by atoms with van der Waals surface area (Å²) in [5, 5.41) is 0. The lowest BCUT2D eigenvalue weighted by atomic mass is 9.96. The van der Waals surface area contributed by atoms with Crippen LogP contribution >= 0.6 is 0 Å². The largest absolute Gasteiger partial charge is 0.354 e. The number of halogens is 1. The van der Waals surface area contributed by atoms with Crippen LogP contribution in [0.3, 0.4) is 0 Å². The molecule has 0 unspecified atom stereocenters. The Kier molecular flexibility index (Phi) is 7.15. The van der Waals surface area contributed by atoms with E-state index in [1.165, 1.54) is 84.0 Å². The first-order chi connectivity index (χ1) is 13.8. The highest BCUT2D eigenvalue weighted by atomic mass is 19.1. The van der Waals surface area contributed by atoms with E-state index in [4.69, 9.17) is 0 Å². The van der Waals surface area contributed by atoms with Crippen molar-refractivity contribution in [1.29, 1.82) is 0 Å². The third kappa shape index (κ3) is 5.65. The van der Waals surface area contributed by atoms with Gasteiger partial charge in [-0.3, -0.25) is 4.90 Å². The van der Waals surface area contributed by atoms with Gasteiger partial charge in [-0.25, -0.2) is 4.98 Å². The van der Waals surface area contributed by atoms with E-state index in [1.807, 2.05) is 6.07 Å². The molecule has 0 saturated carbocycles. The van der Waals surface area contributed by atoms with Crippen molar-refractivity contribution >= 4 is 5.82 Å². The summed E-state index contributed by atoms with van der Waals surface area (Å²) in [5.74, 6) is 1.23. The quantitative estimate of drug-likeness (QED) is 0.697. The van der Waals surface area contributed by atoms with E-state index in [0.717, 1.165) is 37.9 Å². The molecule has 0 spiro atoms. The number of rotatable bonds is 6. The highest BCUT2D eigenvalue weighted by molar-refractivity contribution is 5.38. The Morgan fingerprint density at radius 1 is 0.786 bits per heavy atom. The van der Waals surface area contributed by atoms with Gasteiger partial charge in [-0.15, -0.1) is 0 Å². The molecule has 5 nitrogen and oxygen atoms in total. The third-order valence-electron chi connectivity index (χ3n) is 6.80. The van der Waals surface area contributed by atoms with E-state index in [2.05, 4.69) is 24.6 Å². The summed E-state index contributed by atoms with van der Waals surface area (Å²) in [6, 6.07) is 5.08. The molecule has 4 rings (SSSR count). The van der Waals surface area contributed by atoms with Crippen molar-refractivity contribution in [1.82, 2.24) is 19.7 Å². The second-order valence-corrected chi connectivity index (χ2v) is 8.79. The second kappa shape index (κ2) is 9.99. The lowest BCUT2D eigenvalue weighted by Crippen LogP contribution is -2.49. The van der Waals surface area contributed by atoms with Crippen molar-refractivity contribution in [3.63, 3.8) is 0 Å². The van der Waals surface area contributed by atoms with Crippen molar-refractivity contribution in [2.75, 3.05) is 76.9 Å². The van der Waals surface area contributed by atoms with E-state index in [0.29, 0.717) is 0 Å². The third-order valence-corrected chi connectivity index (χ3v) is 6.80. The van der Waals surface area contributed by atoms with Crippen LogP contribution < -0.4 is 4.90 Å². The number of likely N-dealkylation sites (tertiary alicyclic amines) is 2. The van der Waals surface area contributed by atoms with Crippen LogP contribution in [0.25, 0.3) is 0 Å². The van der Waals surface area contributed by atoms with Gasteiger partial charge in [0.2, 0.25) is 5.95 Å². The summed E-state index contributed by atoms with van der Waals surface area (Å²) in [6.07, 6.45) is 6.89. The molecule has 0 aromatic carbocycles. The van der Waals surface area contributed by atoms with E-state index in [9.17, 15) is 4.39 Å². The first-order valence-corrected chi connectivity index (χ1v) is 11.3. The second-order valence-electron chi connectivity index (χ2n) is 8.79. The van der Waals surface area contributed by atoms with E-state index in [1.54, 1.807) is 6.07 Å². The van der Waals surface area contributed by atoms with Gasteiger partial charge in [0.15, 0.2) is 0 Å². The molecule has 3 aliphatic heterocycles. The Morgan fingerprint density at radius 3 is 2.14 bits per heavy atom. The molecule has 3 aliphatic rings. The zero-order valence-corrected chi connectivity index (χ0v) is 17.2. The molecular formula is C22H36FN5. The summed E-state index contributed by atoms with van der Waals surface area (Å²) in [7, 11) is 0. The number of hydrogen-bond donors (Lipinski definition) is 0. The molecule has 0 radical (unpaired) electrons. The van der Waals surface area contributed by atoms with Gasteiger partial charge in [-0.2, -0.15) is 4.39 Å². The number of nitrogens with zero attached hydrogens (tertiary/aromatic N) is 5. The highest BCUT2D eigenvalue weighted by Gasteiger charge is 2.24. The van der Waals surface area contributed by atoms with E-state index >= 15 is 0 Å². The van der Waals surface area contributed by atoms with E-state index in [-0.39, 0.29) is 5.95 Å². The normalized spacial score (nSPS) is 24.0. The van der Waals surface area contributed by atoms with Crippen LogP contribution in [-0.2, 0) is 0 Å². The van der Waals surface area contributed by atoms with Crippen molar-refractivity contribution in [2.45, 2.75) is 32.1 Å². The van der Waals surface area contributed by atoms with E-state index < -0.39 is 0 Å². The number of aromatic nitrogens is 1. The monoisotopic (exact) mass is 389 g/mol. The minimum atomic E-state index is -0.382. The van der Waals surface area contributed by atoms with Gasteiger partial charge in [0.25, 0.3) is 0 Å². The Bertz CT molecular complexity index is 590. The minimum Gasteiger partial charge on any atom is -0.354 e. The van der Waals surface area contributed by atoms with Crippen LogP contribution in [0.2, 0.25) is 0 Å². The van der Waals surface area contributed by atoms with Gasteiger partial charge in [0.1, 0.15) is 5.82 Å². The van der Waals surface area contributed by atoms with Gasteiger partial charge >= 0.3 is 0 Å². The number of piperidine rings is 2. The van der Waals surface area contributed by atoms with Gasteiger partial charge in [-0.1, -0.05) is 12.5 Å². The molecule has 1 aromatic heterocycles. The lowest BCUT2D eigenvalue weighted by Gasteiger charge is -2.39. The Balaban J connectivity index is 1.13. The van der Waals surface area contributed by atoms with Crippen LogP contribution in [0.1, 0.15) is 32.1 Å². The zero-order valence-electron chi connectivity index (χ0n) is 17.2. The molecule has 0 N–H and O–H groups in total. The van der Waals surface area contributed by atoms with Crippen LogP contribution in [-0.4, -0.2) is 91.7 Å². The standard InChI is InChI=1S/C22H36FN5/c23-21-5-4-6-22(24-21)28-17-15-27(16-18-28)19-20-7-11-26(12-8-20)14-13-25-9-2-1-3-10-25/h4-6,20H,1-3,7-19H2. The maximum absolute atomic E-state index is 13.3. The van der Waals surface area contributed by atoms with Gasteiger partial charge in [0.05, 0.1) is 0 Å². The van der Waals surface area contributed by atoms with Gasteiger partial charge < -0.3 is 14.7 Å². The average Bonchev–Trinajstić information content (AvgIpc) is 2.75. The minimum absolute atomic E-state index is 0.382. The summed E-state index contributed by atoms with van der Waals surface area (Å²) in [4.78, 5) is 14.2. The number of anilines is 1. The fraction of sp³-hybridized carbons (Fsp3) is 0.773. The Labute approximate surface area is 169 Å². The SMILES string of the molecule is Fc1cccc(N2CCN(CC3CCN(CCN4CCCCC4)CC3)CC2)n1. The molecular weight excluding hydrogens is 353 g/mol. The summed E-state index contributed by atoms with van der Waals surface area (Å²) in [6.45, 7) is 12.9. The molecule has 3 saturated heterocycles. The first kappa shape index (κ1) is 20.0. The highest BCUT2D eigenvalue weighted by Crippen LogP contribution is 2.20. The van der Waals surface area contributed by atoms with Crippen molar-refractivity contribution in [2.24, 2.45) is 5.92 Å². The molecule has 156 valence electrons. The molecule has 0 aliphatic carbocycles. The van der Waals surface area contributed by atoms with Gasteiger partial charge in [-0.05, 0) is 69.9 Å². The van der Waals surface area contributed by atoms with Crippen molar-refractivity contribution in [3.8, 4) is 0 Å². The van der Waals surface area contributed by atoms with Crippen LogP contribution in [0.5, 0.6) is 0 Å². The summed E-state index contributed by atoms with van der Waals surface area (Å²) in [5.41, 5.74) is 0. The Morgan fingerprint density at radius 2 is 1.46 bits per heavy atom. The number of piperazine rings is 1. The maximum atomic E-state index is 13.3. The van der Waals surface area contributed by atoms with Crippen molar-refractivity contribution in [3.05, 3.63) is 24.1 Å². The van der Waals surface area contributed by atoms with Crippen LogP contribution in [0.15, 0.2) is 18.2 Å². The van der Waals surface area contributed by atoms with Crippen LogP contribution in [0.4, 0.5) is 10.2 Å². The topological polar surface area (TPSA) is 25.9 Å². The summed E-state index contributed by atoms with van der Waals surface area (Å²) >= 11 is 0. The lowest BCUT2D eigenvalue weighted by molar-refractivity contribution is 0.122. The molecule has 6 heteroatoms. The average molecular weight is 390 g/mol. The van der Waals surface area contributed by atoms with Crippen LogP contribution in [0, 0.1) is 11.9 Å². The van der Waals surface area contributed by atoms with Gasteiger partial charge in [0, 0.05) is 45.8 Å². The smallest absolute Gasteiger partial charge is 0.214 e. The molecule has 0 bridgehead atoms.